The van der Waals surface area contributed by atoms with Crippen LogP contribution in [-0.4, -0.2) is 75.1 Å². The Bertz CT molecular complexity index is 1770. The molecule has 2 aromatic rings. The summed E-state index contributed by atoms with van der Waals surface area (Å²) in [6.45, 7) is 1.59. The van der Waals surface area contributed by atoms with Gasteiger partial charge in [0.15, 0.2) is 11.6 Å². The number of phenolic OH excluding ortho intramolecular Hbond substituents is 1. The molecule has 8 N–H and O–H groups in total. The normalized spacial score (nSPS) is 26.0. The van der Waals surface area contributed by atoms with E-state index in [1.807, 2.05) is 5.32 Å². The highest BCUT2D eigenvalue weighted by Gasteiger charge is 2.60. The van der Waals surface area contributed by atoms with E-state index in [0.29, 0.717) is 6.07 Å². The van der Waals surface area contributed by atoms with Crippen LogP contribution in [0.1, 0.15) is 29.5 Å². The summed E-state index contributed by atoms with van der Waals surface area (Å²) in [5.74, 6) is -10.5. The lowest BCUT2D eigenvalue weighted by atomic mass is 9.56. The molecule has 3 aliphatic rings. The minimum absolute atomic E-state index is 0.221. The smallest absolute Gasteiger partial charge is 0.418 e. The molecule has 6 atom stereocenters. The molecule has 0 heterocycles. The summed E-state index contributed by atoms with van der Waals surface area (Å²) >= 11 is 5.68. The van der Waals surface area contributed by atoms with E-state index in [9.17, 15) is 52.8 Å². The number of amides is 3. The van der Waals surface area contributed by atoms with E-state index >= 15 is 0 Å². The summed E-state index contributed by atoms with van der Waals surface area (Å²) in [5.41, 5.74) is 1.82. The maximum atomic E-state index is 14.0. The number of fused-ring (bicyclic) bond motifs is 3. The first-order valence-electron chi connectivity index (χ1n) is 13.8. The first-order valence-corrected chi connectivity index (χ1v) is 14.2. The van der Waals surface area contributed by atoms with Gasteiger partial charge in [0.2, 0.25) is 0 Å². The number of carbonyl (C=O) groups is 4. The number of anilines is 2. The Morgan fingerprint density at radius 1 is 1.00 bits per heavy atom. The molecule has 0 aliphatic heterocycles. The Labute approximate surface area is 263 Å². The van der Waals surface area contributed by atoms with Crippen LogP contribution < -0.4 is 16.4 Å². The molecule has 1 fully saturated rings. The Kier molecular flexibility index (Phi) is 8.07. The van der Waals surface area contributed by atoms with Crippen LogP contribution in [0, 0.1) is 17.8 Å². The summed E-state index contributed by atoms with van der Waals surface area (Å²) in [6.07, 6.45) is -6.38. The number of ketones is 2. The van der Waals surface area contributed by atoms with Crippen molar-refractivity contribution in [1.82, 2.24) is 4.90 Å². The number of hydrogen-bond donors (Lipinski definition) is 7. The number of likely N-dealkylation sites (N-methyl/N-ethyl adjacent to an activating group) is 1. The first kappa shape index (κ1) is 32.8. The number of urea groups is 1. The second-order valence-electron chi connectivity index (χ2n) is 11.6. The van der Waals surface area contributed by atoms with Crippen LogP contribution in [0.2, 0.25) is 5.02 Å². The molecule has 12 nitrogen and oxygen atoms in total. The van der Waals surface area contributed by atoms with Gasteiger partial charge in [0.25, 0.3) is 5.91 Å². The van der Waals surface area contributed by atoms with Crippen molar-refractivity contribution in [1.29, 1.82) is 0 Å². The number of nitrogens with zero attached hydrogens (tertiary/aromatic N) is 1. The van der Waals surface area contributed by atoms with E-state index in [2.05, 4.69) is 5.32 Å². The number of rotatable bonds is 4. The number of nitrogens with two attached hydrogens (primary N) is 1. The third kappa shape index (κ3) is 5.04. The molecular weight excluding hydrogens is 637 g/mol. The lowest BCUT2D eigenvalue weighted by molar-refractivity contribution is -0.144. The lowest BCUT2D eigenvalue weighted by Crippen LogP contribution is -2.61. The number of Topliss-reactive ketones (excluding diaryl/α,β-unsaturated/α-hetero) is 2. The second kappa shape index (κ2) is 11.3. The predicted octanol–water partition coefficient (Wildman–Crippen LogP) is 3.70. The molecule has 0 saturated heterocycles. The number of aliphatic hydroxyl groups excluding tert-OH is 3. The van der Waals surface area contributed by atoms with Gasteiger partial charge >= 0.3 is 12.2 Å². The zero-order valence-corrected chi connectivity index (χ0v) is 25.1. The number of alkyl halides is 3. The summed E-state index contributed by atoms with van der Waals surface area (Å²) in [6, 6.07) is 2.93. The number of aliphatic hydroxyl groups is 3. The summed E-state index contributed by atoms with van der Waals surface area (Å²) in [5, 5.41) is 49.1. The van der Waals surface area contributed by atoms with E-state index in [4.69, 9.17) is 17.3 Å². The number of primary amides is 1. The fraction of sp³-hybridized carbons (Fsp3) is 0.333. The standard InChI is InChI=1S/C30H28ClF3N4O8/c1-9-11-5-7-14(37-29(46)36-13-6-4-10(31)8-12(13)30(32,33)34)22(39)16(11)24(41)18-15(9)23(40)17-19(25(18)42)26(43)20(28(35)45)27(44)21(17)38(2)3/h4-9,15,17,19,21,23,39-41,44H,1-3H3,(H2,35,45)(H2,36,37,46)/t9-,15?,17?,19?,21-,23?/m0/s1. The fourth-order valence-electron chi connectivity index (χ4n) is 6.85. The van der Waals surface area contributed by atoms with Gasteiger partial charge in [0, 0.05) is 22.4 Å². The van der Waals surface area contributed by atoms with Gasteiger partial charge in [-0.25, -0.2) is 4.79 Å². The number of halogens is 4. The molecule has 46 heavy (non-hydrogen) atoms. The molecule has 3 aliphatic carbocycles. The van der Waals surface area contributed by atoms with Crippen molar-refractivity contribution < 1.29 is 52.8 Å². The molecule has 4 unspecified atom stereocenters. The molecule has 244 valence electrons. The second-order valence-corrected chi connectivity index (χ2v) is 12.0. The van der Waals surface area contributed by atoms with Gasteiger partial charge in [-0.1, -0.05) is 24.6 Å². The van der Waals surface area contributed by atoms with Gasteiger partial charge in [-0.3, -0.25) is 19.3 Å². The average molecular weight is 665 g/mol. The van der Waals surface area contributed by atoms with Crippen LogP contribution in [0.5, 0.6) is 5.75 Å². The predicted molar refractivity (Wildman–Crippen MR) is 158 cm³/mol. The van der Waals surface area contributed by atoms with E-state index in [1.54, 1.807) is 6.92 Å². The average Bonchev–Trinajstić information content (AvgIpc) is 2.94. The van der Waals surface area contributed by atoms with Crippen molar-refractivity contribution in [3.05, 3.63) is 69.0 Å². The molecule has 16 heteroatoms. The van der Waals surface area contributed by atoms with Gasteiger partial charge in [0.1, 0.15) is 22.8 Å². The van der Waals surface area contributed by atoms with Crippen molar-refractivity contribution in [2.45, 2.75) is 31.2 Å². The molecule has 0 radical (unpaired) electrons. The van der Waals surface area contributed by atoms with Crippen molar-refractivity contribution in [2.24, 2.45) is 23.5 Å². The Balaban J connectivity index is 1.55. The van der Waals surface area contributed by atoms with E-state index < -0.39 is 105 Å². The Morgan fingerprint density at radius 2 is 1.61 bits per heavy atom. The fourth-order valence-corrected chi connectivity index (χ4v) is 7.02. The van der Waals surface area contributed by atoms with Gasteiger partial charge < -0.3 is 36.8 Å². The molecule has 0 aromatic heterocycles. The molecule has 5 rings (SSSR count). The maximum Gasteiger partial charge on any atom is 0.418 e. The molecule has 3 amide bonds. The highest BCUT2D eigenvalue weighted by Crippen LogP contribution is 2.55. The van der Waals surface area contributed by atoms with Gasteiger partial charge in [0.05, 0.1) is 40.6 Å². The maximum absolute atomic E-state index is 14.0. The van der Waals surface area contributed by atoms with E-state index in [-0.39, 0.29) is 21.8 Å². The third-order valence-corrected chi connectivity index (χ3v) is 9.01. The summed E-state index contributed by atoms with van der Waals surface area (Å²) in [7, 11) is 3.01. The van der Waals surface area contributed by atoms with E-state index in [0.717, 1.165) is 12.1 Å². The number of aromatic hydroxyl groups is 1. The first-order chi connectivity index (χ1) is 21.4. The monoisotopic (exact) mass is 664 g/mol. The number of carbonyl (C=O) groups excluding carboxylic acids is 4. The summed E-state index contributed by atoms with van der Waals surface area (Å²) < 4.78 is 40.5. The van der Waals surface area contributed by atoms with Crippen LogP contribution >= 0.6 is 11.6 Å². The zero-order chi connectivity index (χ0) is 34.2. The largest absolute Gasteiger partial charge is 0.510 e. The number of nitrogens with one attached hydrogen (secondary N) is 2. The van der Waals surface area contributed by atoms with Crippen molar-refractivity contribution in [3.63, 3.8) is 0 Å². The minimum Gasteiger partial charge on any atom is -0.510 e. The van der Waals surface area contributed by atoms with Crippen molar-refractivity contribution in [3.8, 4) is 5.75 Å². The van der Waals surface area contributed by atoms with Gasteiger partial charge in [-0.05, 0) is 49.8 Å². The van der Waals surface area contributed by atoms with Crippen molar-refractivity contribution >= 4 is 52.2 Å². The van der Waals surface area contributed by atoms with Crippen LogP contribution in [0.3, 0.4) is 0 Å². The highest BCUT2D eigenvalue weighted by atomic mass is 35.5. The highest BCUT2D eigenvalue weighted by molar-refractivity contribution is 6.31. The molecular formula is C30H28ClF3N4O8. The molecule has 0 bridgehead atoms. The zero-order valence-electron chi connectivity index (χ0n) is 24.3. The van der Waals surface area contributed by atoms with Gasteiger partial charge in [-0.15, -0.1) is 0 Å². The van der Waals surface area contributed by atoms with E-state index in [1.165, 1.54) is 31.1 Å². The van der Waals surface area contributed by atoms with Crippen LogP contribution in [0.25, 0.3) is 5.76 Å². The number of phenols is 1. The van der Waals surface area contributed by atoms with Crippen molar-refractivity contribution in [2.75, 3.05) is 24.7 Å². The molecule has 1 saturated carbocycles. The molecule has 2 aromatic carbocycles. The molecule has 0 spiro atoms. The minimum atomic E-state index is -4.86. The topological polar surface area (TPSA) is 203 Å². The SMILES string of the molecule is C[C@H]1c2ccc(NC(=O)Nc3ccc(Cl)cc3C(F)(F)F)c(O)c2C(O)=C2C(=O)C3C(=O)C(C(N)=O)=C(O)[C@@H](N(C)C)C3C(O)C21. The Morgan fingerprint density at radius 3 is 2.20 bits per heavy atom. The van der Waals surface area contributed by atoms with Crippen LogP contribution in [0.15, 0.2) is 47.2 Å². The number of benzene rings is 2. The third-order valence-electron chi connectivity index (χ3n) is 8.78. The van der Waals surface area contributed by atoms with Gasteiger partial charge in [-0.2, -0.15) is 13.2 Å². The lowest BCUT2D eigenvalue weighted by Gasteiger charge is -2.50. The van der Waals surface area contributed by atoms with Crippen LogP contribution in [0.4, 0.5) is 29.3 Å². The Hall–Kier alpha value is -4.60. The quantitative estimate of drug-likeness (QED) is 0.144. The summed E-state index contributed by atoms with van der Waals surface area (Å²) in [4.78, 5) is 53.7. The number of hydrogen-bond acceptors (Lipinski definition) is 9. The van der Waals surface area contributed by atoms with Crippen LogP contribution in [-0.2, 0) is 20.6 Å².